The SMILES string of the molecule is CCCOc1ccc(C2CCC[C@H]3CN(C(=O)c4ccc(C(F)(F)F)nc4)CCN23)c(C)c1C. The van der Waals surface area contributed by atoms with Crippen molar-refractivity contribution in [2.75, 3.05) is 26.2 Å². The normalized spacial score (nSPS) is 21.3. The summed E-state index contributed by atoms with van der Waals surface area (Å²) in [5, 5.41) is 0. The second-order valence-electron chi connectivity index (χ2n) is 9.27. The molecule has 1 amide bonds. The highest BCUT2D eigenvalue weighted by atomic mass is 19.4. The van der Waals surface area contributed by atoms with Crippen LogP contribution in [0.15, 0.2) is 30.5 Å². The fourth-order valence-corrected chi connectivity index (χ4v) is 5.18. The minimum atomic E-state index is -4.51. The second kappa shape index (κ2) is 9.94. The van der Waals surface area contributed by atoms with Gasteiger partial charge in [-0.05, 0) is 74.4 Å². The Morgan fingerprint density at radius 1 is 1.12 bits per heavy atom. The van der Waals surface area contributed by atoms with Crippen molar-refractivity contribution in [3.63, 3.8) is 0 Å². The third-order valence-electron chi connectivity index (χ3n) is 7.13. The molecule has 3 heterocycles. The number of rotatable bonds is 5. The number of fused-ring (bicyclic) bond motifs is 1. The average molecular weight is 476 g/mol. The van der Waals surface area contributed by atoms with E-state index in [0.29, 0.717) is 25.7 Å². The molecule has 0 N–H and O–H groups in total. The van der Waals surface area contributed by atoms with Crippen LogP contribution in [0.3, 0.4) is 0 Å². The third kappa shape index (κ3) is 4.92. The van der Waals surface area contributed by atoms with E-state index in [1.54, 1.807) is 4.90 Å². The maximum absolute atomic E-state index is 13.0. The van der Waals surface area contributed by atoms with Gasteiger partial charge >= 0.3 is 6.18 Å². The lowest BCUT2D eigenvalue weighted by Gasteiger charge is -2.48. The predicted molar refractivity (Wildman–Crippen MR) is 124 cm³/mol. The van der Waals surface area contributed by atoms with Crippen LogP contribution in [0.1, 0.15) is 71.4 Å². The summed E-state index contributed by atoms with van der Waals surface area (Å²) in [5.74, 6) is 0.684. The number of hydrogen-bond acceptors (Lipinski definition) is 4. The number of pyridine rings is 1. The number of benzene rings is 1. The van der Waals surface area contributed by atoms with Crippen molar-refractivity contribution in [2.24, 2.45) is 0 Å². The van der Waals surface area contributed by atoms with Crippen LogP contribution in [0.4, 0.5) is 13.2 Å². The molecule has 2 fully saturated rings. The van der Waals surface area contributed by atoms with Gasteiger partial charge in [-0.1, -0.05) is 13.0 Å². The van der Waals surface area contributed by atoms with E-state index in [4.69, 9.17) is 4.74 Å². The van der Waals surface area contributed by atoms with Crippen LogP contribution in [-0.2, 0) is 6.18 Å². The van der Waals surface area contributed by atoms with E-state index in [-0.39, 0.29) is 17.5 Å². The quantitative estimate of drug-likeness (QED) is 0.568. The fourth-order valence-electron chi connectivity index (χ4n) is 5.18. The van der Waals surface area contributed by atoms with E-state index in [9.17, 15) is 18.0 Å². The van der Waals surface area contributed by atoms with Crippen LogP contribution in [0.25, 0.3) is 0 Å². The van der Waals surface area contributed by atoms with Crippen LogP contribution < -0.4 is 4.74 Å². The Kier molecular flexibility index (Phi) is 7.17. The molecule has 34 heavy (non-hydrogen) atoms. The van der Waals surface area contributed by atoms with Crippen LogP contribution in [0, 0.1) is 13.8 Å². The number of alkyl halides is 3. The number of halogens is 3. The van der Waals surface area contributed by atoms with Crippen LogP contribution in [0.5, 0.6) is 5.75 Å². The summed E-state index contributed by atoms with van der Waals surface area (Å²) >= 11 is 0. The number of ether oxygens (including phenoxy) is 1. The Labute approximate surface area is 198 Å². The topological polar surface area (TPSA) is 45.7 Å². The van der Waals surface area contributed by atoms with E-state index < -0.39 is 11.9 Å². The number of nitrogens with zero attached hydrogens (tertiary/aromatic N) is 3. The summed E-state index contributed by atoms with van der Waals surface area (Å²) in [4.78, 5) is 20.7. The van der Waals surface area contributed by atoms with Crippen molar-refractivity contribution in [3.05, 3.63) is 58.4 Å². The zero-order chi connectivity index (χ0) is 24.5. The van der Waals surface area contributed by atoms with Crippen molar-refractivity contribution >= 4 is 5.91 Å². The first-order valence-electron chi connectivity index (χ1n) is 12.0. The maximum Gasteiger partial charge on any atom is 0.433 e. The van der Waals surface area contributed by atoms with E-state index >= 15 is 0 Å². The number of carbonyl (C=O) groups excluding carboxylic acids is 1. The molecule has 1 aromatic carbocycles. The van der Waals surface area contributed by atoms with E-state index in [0.717, 1.165) is 50.2 Å². The first-order chi connectivity index (χ1) is 16.2. The lowest BCUT2D eigenvalue weighted by Crippen LogP contribution is -2.57. The van der Waals surface area contributed by atoms with Crippen molar-refractivity contribution in [1.29, 1.82) is 0 Å². The standard InChI is InChI=1S/C26H32F3N3O2/c1-4-14-34-23-10-9-21(17(2)18(23)3)22-7-5-6-20-16-31(12-13-32(20)22)25(33)19-8-11-24(30-15-19)26(27,28)29/h8-11,15,20,22H,4-7,12-14,16H2,1-3H3/t20-,22?/m0/s1. The van der Waals surface area contributed by atoms with Crippen molar-refractivity contribution in [1.82, 2.24) is 14.8 Å². The Morgan fingerprint density at radius 3 is 2.59 bits per heavy atom. The van der Waals surface area contributed by atoms with Gasteiger partial charge in [0.1, 0.15) is 11.4 Å². The Hall–Kier alpha value is -2.61. The molecule has 0 saturated carbocycles. The van der Waals surface area contributed by atoms with Crippen molar-refractivity contribution < 1.29 is 22.7 Å². The largest absolute Gasteiger partial charge is 0.493 e. The van der Waals surface area contributed by atoms with Crippen molar-refractivity contribution in [2.45, 2.75) is 64.7 Å². The lowest BCUT2D eigenvalue weighted by atomic mass is 9.86. The molecule has 2 aromatic rings. The Balaban J connectivity index is 1.47. The molecule has 2 atom stereocenters. The molecule has 2 saturated heterocycles. The average Bonchev–Trinajstić information content (AvgIpc) is 2.83. The molecule has 4 rings (SSSR count). The number of hydrogen-bond donors (Lipinski definition) is 0. The van der Waals surface area contributed by atoms with Gasteiger partial charge in [-0.25, -0.2) is 0 Å². The van der Waals surface area contributed by atoms with Gasteiger partial charge in [-0.2, -0.15) is 13.2 Å². The molecule has 2 aliphatic rings. The third-order valence-corrected chi connectivity index (χ3v) is 7.13. The summed E-state index contributed by atoms with van der Waals surface area (Å²) in [6, 6.07) is 6.89. The molecular weight excluding hydrogens is 443 g/mol. The molecule has 2 aliphatic heterocycles. The van der Waals surface area contributed by atoms with Gasteiger partial charge in [0.05, 0.1) is 12.2 Å². The molecule has 0 radical (unpaired) electrons. The molecule has 0 spiro atoms. The zero-order valence-electron chi connectivity index (χ0n) is 20.0. The van der Waals surface area contributed by atoms with Crippen molar-refractivity contribution in [3.8, 4) is 5.75 Å². The lowest BCUT2D eigenvalue weighted by molar-refractivity contribution is -0.141. The van der Waals surface area contributed by atoms with Gasteiger partial charge in [-0.15, -0.1) is 0 Å². The zero-order valence-corrected chi connectivity index (χ0v) is 20.0. The first-order valence-corrected chi connectivity index (χ1v) is 12.0. The van der Waals surface area contributed by atoms with Gasteiger partial charge in [-0.3, -0.25) is 14.7 Å². The number of piperidine rings is 1. The van der Waals surface area contributed by atoms with Crippen LogP contribution in [-0.4, -0.2) is 53.0 Å². The molecule has 0 aliphatic carbocycles. The van der Waals surface area contributed by atoms with Gasteiger partial charge in [0.15, 0.2) is 0 Å². The number of amides is 1. The van der Waals surface area contributed by atoms with E-state index in [1.807, 2.05) is 0 Å². The molecule has 0 bridgehead atoms. The highest BCUT2D eigenvalue weighted by Crippen LogP contribution is 2.39. The maximum atomic E-state index is 13.0. The van der Waals surface area contributed by atoms with E-state index in [1.165, 1.54) is 22.8 Å². The highest BCUT2D eigenvalue weighted by molar-refractivity contribution is 5.94. The van der Waals surface area contributed by atoms with Gasteiger partial charge in [0.25, 0.3) is 5.91 Å². The monoisotopic (exact) mass is 475 g/mol. The fraction of sp³-hybridized carbons (Fsp3) is 0.538. The van der Waals surface area contributed by atoms with Gasteiger partial charge in [0, 0.05) is 37.9 Å². The molecule has 5 nitrogen and oxygen atoms in total. The summed E-state index contributed by atoms with van der Waals surface area (Å²) in [5.41, 5.74) is 2.96. The predicted octanol–water partition coefficient (Wildman–Crippen LogP) is 5.56. The molecule has 1 aromatic heterocycles. The minimum absolute atomic E-state index is 0.197. The van der Waals surface area contributed by atoms with Crippen LogP contribution in [0.2, 0.25) is 0 Å². The molecule has 184 valence electrons. The minimum Gasteiger partial charge on any atom is -0.493 e. The van der Waals surface area contributed by atoms with Crippen LogP contribution >= 0.6 is 0 Å². The smallest absolute Gasteiger partial charge is 0.433 e. The molecule has 8 heteroatoms. The Morgan fingerprint density at radius 2 is 1.91 bits per heavy atom. The molecule has 1 unspecified atom stereocenters. The van der Waals surface area contributed by atoms with E-state index in [2.05, 4.69) is 42.8 Å². The van der Waals surface area contributed by atoms with Gasteiger partial charge < -0.3 is 9.64 Å². The number of aromatic nitrogens is 1. The number of carbonyl (C=O) groups is 1. The summed E-state index contributed by atoms with van der Waals surface area (Å²) in [6.45, 7) is 8.92. The highest BCUT2D eigenvalue weighted by Gasteiger charge is 2.38. The summed E-state index contributed by atoms with van der Waals surface area (Å²) in [7, 11) is 0. The van der Waals surface area contributed by atoms with Gasteiger partial charge in [0.2, 0.25) is 0 Å². The molecular formula is C26H32F3N3O2. The number of piperazine rings is 1. The summed E-state index contributed by atoms with van der Waals surface area (Å²) < 4.78 is 44.3. The summed E-state index contributed by atoms with van der Waals surface area (Å²) in [6.07, 6.45) is 0.638. The first kappa shape index (κ1) is 24.5. The second-order valence-corrected chi connectivity index (χ2v) is 9.27. The Bertz CT molecular complexity index is 1020.